The Bertz CT molecular complexity index is 1130. The van der Waals surface area contributed by atoms with Crippen LogP contribution < -0.4 is 10.6 Å². The highest BCUT2D eigenvalue weighted by Gasteiger charge is 2.49. The molecule has 2 aromatic rings. The van der Waals surface area contributed by atoms with Gasteiger partial charge >= 0.3 is 11.8 Å². The normalized spacial score (nSPS) is 18.9. The van der Waals surface area contributed by atoms with Gasteiger partial charge in [-0.25, -0.2) is 13.2 Å². The molecule has 1 fully saturated rings. The van der Waals surface area contributed by atoms with Crippen molar-refractivity contribution in [2.75, 3.05) is 11.9 Å². The Kier molecular flexibility index (Phi) is 5.81. The fourth-order valence-electron chi connectivity index (χ4n) is 3.10. The van der Waals surface area contributed by atoms with Crippen molar-refractivity contribution in [2.45, 2.75) is 30.0 Å². The molecule has 4 amide bonds. The van der Waals surface area contributed by atoms with Gasteiger partial charge in [0.25, 0.3) is 5.91 Å². The number of anilines is 1. The number of rotatable bonds is 6. The smallest absolute Gasteiger partial charge is 0.325 e. The highest BCUT2D eigenvalue weighted by Crippen LogP contribution is 2.29. The van der Waals surface area contributed by atoms with Crippen molar-refractivity contribution in [1.29, 1.82) is 0 Å². The third-order valence-corrected chi connectivity index (χ3v) is 6.31. The molecule has 2 N–H and O–H groups in total. The predicted octanol–water partition coefficient (Wildman–Crippen LogP) is 2.40. The minimum atomic E-state index is -4.75. The van der Waals surface area contributed by atoms with Crippen LogP contribution in [0.2, 0.25) is 0 Å². The number of benzene rings is 2. The molecule has 3 rings (SSSR count). The molecule has 164 valence electrons. The Balaban J connectivity index is 1.70. The van der Waals surface area contributed by atoms with Gasteiger partial charge < -0.3 is 10.6 Å². The summed E-state index contributed by atoms with van der Waals surface area (Å²) < 4.78 is 48.0. The van der Waals surface area contributed by atoms with Crippen LogP contribution in [0.1, 0.15) is 18.1 Å². The van der Waals surface area contributed by atoms with Crippen LogP contribution in [-0.2, 0) is 25.0 Å². The number of hydrogen-bond acceptors (Lipinski definition) is 5. The molecule has 1 atom stereocenters. The van der Waals surface area contributed by atoms with Crippen molar-refractivity contribution in [2.24, 2.45) is 0 Å². The summed E-state index contributed by atoms with van der Waals surface area (Å²) in [5.41, 5.74) is 0.338. The maximum Gasteiger partial charge on any atom is 0.341 e. The maximum absolute atomic E-state index is 12.9. The second kappa shape index (κ2) is 8.06. The zero-order chi connectivity index (χ0) is 23.0. The molecule has 0 saturated carbocycles. The molecule has 0 aromatic heterocycles. The first-order valence-corrected chi connectivity index (χ1v) is 10.6. The van der Waals surface area contributed by atoms with Gasteiger partial charge in [-0.15, -0.1) is 0 Å². The number of sulfone groups is 1. The highest BCUT2D eigenvalue weighted by atomic mass is 32.2. The summed E-state index contributed by atoms with van der Waals surface area (Å²) in [4.78, 5) is 37.7. The molecule has 1 heterocycles. The second-order valence-electron chi connectivity index (χ2n) is 7.19. The van der Waals surface area contributed by atoms with Gasteiger partial charge in [-0.2, -0.15) is 8.78 Å². The largest absolute Gasteiger partial charge is 0.341 e. The van der Waals surface area contributed by atoms with E-state index in [9.17, 15) is 31.6 Å². The van der Waals surface area contributed by atoms with Crippen LogP contribution >= 0.6 is 0 Å². The molecule has 1 aliphatic rings. The van der Waals surface area contributed by atoms with Gasteiger partial charge in [0.2, 0.25) is 15.7 Å². The molecule has 1 unspecified atom stereocenters. The van der Waals surface area contributed by atoms with Gasteiger partial charge in [-0.1, -0.05) is 29.8 Å². The third kappa shape index (κ3) is 4.26. The summed E-state index contributed by atoms with van der Waals surface area (Å²) in [6, 6.07) is 10.4. The third-order valence-electron chi connectivity index (χ3n) is 4.91. The monoisotopic (exact) mass is 451 g/mol. The Morgan fingerprint density at radius 1 is 1.10 bits per heavy atom. The van der Waals surface area contributed by atoms with Crippen molar-refractivity contribution in [3.63, 3.8) is 0 Å². The number of halogens is 2. The van der Waals surface area contributed by atoms with Gasteiger partial charge in [-0.3, -0.25) is 14.5 Å². The van der Waals surface area contributed by atoms with E-state index in [-0.39, 0.29) is 5.69 Å². The first-order valence-electron chi connectivity index (χ1n) is 9.08. The average Bonchev–Trinajstić information content (AvgIpc) is 2.92. The van der Waals surface area contributed by atoms with Crippen molar-refractivity contribution in [3.8, 4) is 0 Å². The SMILES string of the molecule is Cc1ccc(C2(C)NC(=O)N(CC(=O)Nc3ccc(S(=O)(=O)C(F)F)cc3)C2=O)cc1. The lowest BCUT2D eigenvalue weighted by molar-refractivity contribution is -0.133. The van der Waals surface area contributed by atoms with Crippen LogP contribution in [0.15, 0.2) is 53.4 Å². The van der Waals surface area contributed by atoms with E-state index in [4.69, 9.17) is 0 Å². The van der Waals surface area contributed by atoms with Crippen LogP contribution in [0.4, 0.5) is 19.3 Å². The van der Waals surface area contributed by atoms with Gasteiger partial charge in [0.05, 0.1) is 4.90 Å². The lowest BCUT2D eigenvalue weighted by Crippen LogP contribution is -2.42. The number of alkyl halides is 2. The number of carbonyl (C=O) groups is 3. The van der Waals surface area contributed by atoms with E-state index in [1.165, 1.54) is 6.92 Å². The molecule has 0 spiro atoms. The fraction of sp³-hybridized carbons (Fsp3) is 0.250. The Morgan fingerprint density at radius 3 is 2.23 bits per heavy atom. The highest BCUT2D eigenvalue weighted by molar-refractivity contribution is 7.91. The van der Waals surface area contributed by atoms with Gasteiger partial charge in [0, 0.05) is 5.69 Å². The molecular formula is C20H19F2N3O5S. The summed E-state index contributed by atoms with van der Waals surface area (Å²) in [5, 5.41) is 4.99. The summed E-state index contributed by atoms with van der Waals surface area (Å²) in [6.45, 7) is 2.84. The number of nitrogens with one attached hydrogen (secondary N) is 2. The van der Waals surface area contributed by atoms with E-state index < -0.39 is 50.4 Å². The minimum Gasteiger partial charge on any atom is -0.325 e. The van der Waals surface area contributed by atoms with Crippen LogP contribution in [0, 0.1) is 6.92 Å². The van der Waals surface area contributed by atoms with Gasteiger partial charge in [0.15, 0.2) is 0 Å². The van der Waals surface area contributed by atoms with Gasteiger partial charge in [0.1, 0.15) is 12.1 Å². The van der Waals surface area contributed by atoms with E-state index in [1.54, 1.807) is 24.3 Å². The summed E-state index contributed by atoms with van der Waals surface area (Å²) in [5.74, 6) is -4.88. The summed E-state index contributed by atoms with van der Waals surface area (Å²) >= 11 is 0. The minimum absolute atomic E-state index is 0.117. The molecule has 0 bridgehead atoms. The first kappa shape index (κ1) is 22.3. The fourth-order valence-corrected chi connectivity index (χ4v) is 3.82. The average molecular weight is 451 g/mol. The molecule has 0 aliphatic carbocycles. The quantitative estimate of drug-likeness (QED) is 0.655. The predicted molar refractivity (Wildman–Crippen MR) is 107 cm³/mol. The number of amides is 4. The molecule has 1 aliphatic heterocycles. The van der Waals surface area contributed by atoms with Crippen molar-refractivity contribution in [1.82, 2.24) is 10.2 Å². The Labute approximate surface area is 177 Å². The molecule has 1 saturated heterocycles. The zero-order valence-electron chi connectivity index (χ0n) is 16.6. The van der Waals surface area contributed by atoms with E-state index in [0.717, 1.165) is 34.7 Å². The number of aryl methyl sites for hydroxylation is 1. The first-order chi connectivity index (χ1) is 14.4. The van der Waals surface area contributed by atoms with E-state index in [1.807, 2.05) is 6.92 Å². The molecule has 11 heteroatoms. The zero-order valence-corrected chi connectivity index (χ0v) is 17.4. The lowest BCUT2D eigenvalue weighted by Gasteiger charge is -2.22. The van der Waals surface area contributed by atoms with Crippen molar-refractivity contribution in [3.05, 3.63) is 59.7 Å². The number of imide groups is 1. The van der Waals surface area contributed by atoms with Crippen LogP contribution in [0.3, 0.4) is 0 Å². The molecule has 31 heavy (non-hydrogen) atoms. The second-order valence-corrected chi connectivity index (χ2v) is 9.11. The lowest BCUT2D eigenvalue weighted by atomic mass is 9.91. The topological polar surface area (TPSA) is 113 Å². The number of hydrogen-bond donors (Lipinski definition) is 2. The van der Waals surface area contributed by atoms with E-state index in [0.29, 0.717) is 5.56 Å². The maximum atomic E-state index is 12.9. The van der Waals surface area contributed by atoms with E-state index in [2.05, 4.69) is 10.6 Å². The van der Waals surface area contributed by atoms with Crippen molar-refractivity contribution < 1.29 is 31.6 Å². The molecule has 8 nitrogen and oxygen atoms in total. The van der Waals surface area contributed by atoms with Crippen LogP contribution in [-0.4, -0.2) is 43.5 Å². The van der Waals surface area contributed by atoms with Gasteiger partial charge in [-0.05, 0) is 43.7 Å². The number of urea groups is 1. The van der Waals surface area contributed by atoms with Crippen molar-refractivity contribution >= 4 is 33.4 Å². The standard InChI is InChI=1S/C20H19F2N3O5S/c1-12-3-5-13(6-4-12)20(2)17(27)25(19(28)24-20)11-16(26)23-14-7-9-15(10-8-14)31(29,30)18(21)22/h3-10,18H,11H2,1-2H3,(H,23,26)(H,24,28). The van der Waals surface area contributed by atoms with Crippen LogP contribution in [0.5, 0.6) is 0 Å². The number of nitrogens with zero attached hydrogens (tertiary/aromatic N) is 1. The Hall–Kier alpha value is -3.34. The summed E-state index contributed by atoms with van der Waals surface area (Å²) in [7, 11) is -4.75. The molecule has 0 radical (unpaired) electrons. The van der Waals surface area contributed by atoms with E-state index >= 15 is 0 Å². The molecular weight excluding hydrogens is 432 g/mol. The molecule has 2 aromatic carbocycles. The Morgan fingerprint density at radius 2 is 1.68 bits per heavy atom. The summed E-state index contributed by atoms with van der Waals surface area (Å²) in [6.07, 6.45) is 0. The number of carbonyl (C=O) groups excluding carboxylic acids is 3. The van der Waals surface area contributed by atoms with Crippen LogP contribution in [0.25, 0.3) is 0 Å².